The largest absolute Gasteiger partial charge is 0.459 e. The predicted molar refractivity (Wildman–Crippen MR) is 79.9 cm³/mol. The monoisotopic (exact) mass is 278 g/mol. The lowest BCUT2D eigenvalue weighted by atomic mass is 9.85. The summed E-state index contributed by atoms with van der Waals surface area (Å²) in [5.74, 6) is 0.513. The zero-order valence-corrected chi connectivity index (χ0v) is 12.6. The van der Waals surface area contributed by atoms with Gasteiger partial charge in [0.1, 0.15) is 6.10 Å². The van der Waals surface area contributed by atoms with Crippen LogP contribution < -0.4 is 0 Å². The van der Waals surface area contributed by atoms with E-state index in [1.165, 1.54) is 19.3 Å². The maximum Gasteiger partial charge on any atom is 0.338 e. The van der Waals surface area contributed by atoms with E-state index < -0.39 is 0 Å². The van der Waals surface area contributed by atoms with Gasteiger partial charge >= 0.3 is 5.97 Å². The number of benzene rings is 1. The maximum atomic E-state index is 12.2. The van der Waals surface area contributed by atoms with Gasteiger partial charge in [-0.2, -0.15) is 0 Å². The quantitative estimate of drug-likeness (QED) is 0.655. The van der Waals surface area contributed by atoms with Crippen LogP contribution in [-0.2, 0) is 4.74 Å². The Hall–Kier alpha value is -0.960. The fourth-order valence-electron chi connectivity index (χ4n) is 2.76. The molecule has 0 heterocycles. The molecule has 0 amide bonds. The van der Waals surface area contributed by atoms with Crippen molar-refractivity contribution in [1.29, 1.82) is 0 Å². The number of hydrogen-bond donors (Lipinski definition) is 1. The number of carbonyl (C=O) groups excluding carboxylic acids is 1. The average molecular weight is 278 g/mol. The standard InChI is InChI=1S/C16H22O2S/c1-3-12-5-4-6-13(9-12)18-16(17)15-10-14(19)8-7-11(15)2/h7-8,10,12-13,19H,3-6,9H2,1-2H3. The van der Waals surface area contributed by atoms with Crippen molar-refractivity contribution in [1.82, 2.24) is 0 Å². The van der Waals surface area contributed by atoms with Gasteiger partial charge in [-0.15, -0.1) is 12.6 Å². The van der Waals surface area contributed by atoms with Gasteiger partial charge in [0, 0.05) is 4.90 Å². The molecule has 1 fully saturated rings. The van der Waals surface area contributed by atoms with Crippen LogP contribution in [-0.4, -0.2) is 12.1 Å². The van der Waals surface area contributed by atoms with E-state index >= 15 is 0 Å². The van der Waals surface area contributed by atoms with E-state index in [1.54, 1.807) is 6.07 Å². The molecule has 1 aromatic rings. The van der Waals surface area contributed by atoms with E-state index in [-0.39, 0.29) is 12.1 Å². The van der Waals surface area contributed by atoms with Crippen LogP contribution in [0.2, 0.25) is 0 Å². The summed E-state index contributed by atoms with van der Waals surface area (Å²) >= 11 is 4.28. The molecule has 1 saturated carbocycles. The van der Waals surface area contributed by atoms with Crippen molar-refractivity contribution < 1.29 is 9.53 Å². The summed E-state index contributed by atoms with van der Waals surface area (Å²) in [5, 5.41) is 0. The minimum absolute atomic E-state index is 0.0918. The summed E-state index contributed by atoms with van der Waals surface area (Å²) in [6.45, 7) is 4.14. The minimum atomic E-state index is -0.199. The zero-order valence-electron chi connectivity index (χ0n) is 11.7. The Kier molecular flexibility index (Phi) is 4.92. The highest BCUT2D eigenvalue weighted by Crippen LogP contribution is 2.29. The third-order valence-electron chi connectivity index (χ3n) is 4.03. The summed E-state index contributed by atoms with van der Waals surface area (Å²) in [4.78, 5) is 13.0. The van der Waals surface area contributed by atoms with E-state index in [2.05, 4.69) is 19.6 Å². The Morgan fingerprint density at radius 1 is 1.42 bits per heavy atom. The predicted octanol–water partition coefficient (Wildman–Crippen LogP) is 4.41. The van der Waals surface area contributed by atoms with Crippen LogP contribution in [0.15, 0.2) is 23.1 Å². The molecule has 0 aliphatic heterocycles. The first-order chi connectivity index (χ1) is 9.10. The van der Waals surface area contributed by atoms with E-state index in [1.807, 2.05) is 19.1 Å². The number of ether oxygens (including phenoxy) is 1. The normalized spacial score (nSPS) is 23.1. The van der Waals surface area contributed by atoms with Gasteiger partial charge in [-0.1, -0.05) is 25.8 Å². The highest BCUT2D eigenvalue weighted by atomic mass is 32.1. The molecule has 2 unspecified atom stereocenters. The molecule has 0 saturated heterocycles. The van der Waals surface area contributed by atoms with E-state index in [0.29, 0.717) is 11.5 Å². The van der Waals surface area contributed by atoms with Crippen LogP contribution >= 0.6 is 12.6 Å². The molecule has 2 rings (SSSR count). The first kappa shape index (κ1) is 14.4. The average Bonchev–Trinajstić information content (AvgIpc) is 2.41. The van der Waals surface area contributed by atoms with Crippen molar-refractivity contribution in [2.45, 2.75) is 57.0 Å². The molecule has 104 valence electrons. The van der Waals surface area contributed by atoms with Crippen molar-refractivity contribution in [3.05, 3.63) is 29.3 Å². The Labute approximate surface area is 121 Å². The van der Waals surface area contributed by atoms with Gasteiger partial charge in [0.05, 0.1) is 5.56 Å². The van der Waals surface area contributed by atoms with Crippen LogP contribution in [0.3, 0.4) is 0 Å². The van der Waals surface area contributed by atoms with Gasteiger partial charge in [-0.3, -0.25) is 0 Å². The third kappa shape index (κ3) is 3.75. The van der Waals surface area contributed by atoms with Gasteiger partial charge in [-0.25, -0.2) is 4.79 Å². The highest BCUT2D eigenvalue weighted by Gasteiger charge is 2.24. The van der Waals surface area contributed by atoms with E-state index in [4.69, 9.17) is 4.74 Å². The van der Waals surface area contributed by atoms with Crippen LogP contribution in [0.25, 0.3) is 0 Å². The number of thiol groups is 1. The Morgan fingerprint density at radius 2 is 2.21 bits per heavy atom. The van der Waals surface area contributed by atoms with Crippen LogP contribution in [0, 0.1) is 12.8 Å². The lowest BCUT2D eigenvalue weighted by Crippen LogP contribution is -2.25. The molecule has 3 heteroatoms. The Bertz CT molecular complexity index is 456. The zero-order chi connectivity index (χ0) is 13.8. The molecule has 0 aromatic heterocycles. The second-order valence-corrected chi connectivity index (χ2v) is 5.98. The van der Waals surface area contributed by atoms with Crippen molar-refractivity contribution >= 4 is 18.6 Å². The van der Waals surface area contributed by atoms with Crippen LogP contribution in [0.4, 0.5) is 0 Å². The molecular formula is C16H22O2S. The van der Waals surface area contributed by atoms with Gasteiger partial charge in [0.2, 0.25) is 0 Å². The van der Waals surface area contributed by atoms with Crippen molar-refractivity contribution in [2.75, 3.05) is 0 Å². The lowest BCUT2D eigenvalue weighted by molar-refractivity contribution is 0.0139. The molecule has 19 heavy (non-hydrogen) atoms. The Morgan fingerprint density at radius 3 is 2.95 bits per heavy atom. The van der Waals surface area contributed by atoms with Crippen molar-refractivity contribution in [3.63, 3.8) is 0 Å². The number of aryl methyl sites for hydroxylation is 1. The van der Waals surface area contributed by atoms with Crippen LogP contribution in [0.1, 0.15) is 54.9 Å². The molecule has 0 radical (unpaired) electrons. The first-order valence-electron chi connectivity index (χ1n) is 7.10. The van der Waals surface area contributed by atoms with Gasteiger partial charge < -0.3 is 4.74 Å². The van der Waals surface area contributed by atoms with Crippen LogP contribution in [0.5, 0.6) is 0 Å². The number of esters is 1. The molecule has 1 aliphatic carbocycles. The summed E-state index contributed by atoms with van der Waals surface area (Å²) in [6.07, 6.45) is 5.73. The third-order valence-corrected chi connectivity index (χ3v) is 4.30. The van der Waals surface area contributed by atoms with Gasteiger partial charge in [-0.05, 0) is 49.8 Å². The van der Waals surface area contributed by atoms with E-state index in [0.717, 1.165) is 23.3 Å². The fourth-order valence-corrected chi connectivity index (χ4v) is 2.97. The van der Waals surface area contributed by atoms with Crippen molar-refractivity contribution in [3.8, 4) is 0 Å². The summed E-state index contributed by atoms with van der Waals surface area (Å²) in [6, 6.07) is 5.60. The molecule has 0 spiro atoms. The van der Waals surface area contributed by atoms with Crippen molar-refractivity contribution in [2.24, 2.45) is 5.92 Å². The smallest absolute Gasteiger partial charge is 0.338 e. The maximum absolute atomic E-state index is 12.2. The minimum Gasteiger partial charge on any atom is -0.459 e. The summed E-state index contributed by atoms with van der Waals surface area (Å²) in [7, 11) is 0. The fraction of sp³-hybridized carbons (Fsp3) is 0.562. The molecule has 0 bridgehead atoms. The topological polar surface area (TPSA) is 26.3 Å². The summed E-state index contributed by atoms with van der Waals surface area (Å²) in [5.41, 5.74) is 1.59. The first-order valence-corrected chi connectivity index (χ1v) is 7.55. The van der Waals surface area contributed by atoms with E-state index in [9.17, 15) is 4.79 Å². The number of hydrogen-bond acceptors (Lipinski definition) is 3. The second-order valence-electron chi connectivity index (χ2n) is 5.47. The Balaban J connectivity index is 2.02. The number of rotatable bonds is 3. The molecule has 1 aromatic carbocycles. The molecule has 2 atom stereocenters. The summed E-state index contributed by atoms with van der Waals surface area (Å²) < 4.78 is 5.67. The van der Waals surface area contributed by atoms with Gasteiger partial charge in [0.25, 0.3) is 0 Å². The molecule has 0 N–H and O–H groups in total. The molecular weight excluding hydrogens is 256 g/mol. The molecule has 1 aliphatic rings. The molecule has 2 nitrogen and oxygen atoms in total. The second kappa shape index (κ2) is 6.47. The highest BCUT2D eigenvalue weighted by molar-refractivity contribution is 7.80. The lowest BCUT2D eigenvalue weighted by Gasteiger charge is -2.28. The SMILES string of the molecule is CCC1CCCC(OC(=O)c2cc(S)ccc2C)C1. The van der Waals surface area contributed by atoms with Gasteiger partial charge in [0.15, 0.2) is 0 Å². The number of carbonyl (C=O) groups is 1.